The molecule has 0 saturated heterocycles. The molecule has 162 valence electrons. The van der Waals surface area contributed by atoms with Crippen molar-refractivity contribution < 1.29 is 20.2 Å². The Bertz CT molecular complexity index is 858. The molecule has 0 amide bonds. The first kappa shape index (κ1) is 24.0. The molecule has 6 nitrogen and oxygen atoms in total. The first-order valence-electron chi connectivity index (χ1n) is 10.0. The van der Waals surface area contributed by atoms with Gasteiger partial charge in [-0.2, -0.15) is 0 Å². The molecule has 1 unspecified atom stereocenters. The van der Waals surface area contributed by atoms with Gasteiger partial charge in [-0.25, -0.2) is 0 Å². The van der Waals surface area contributed by atoms with Crippen LogP contribution < -0.4 is 0 Å². The number of ketones is 1. The Morgan fingerprint density at radius 2 is 1.80 bits per heavy atom. The van der Waals surface area contributed by atoms with Crippen LogP contribution in [0.25, 0.3) is 0 Å². The monoisotopic (exact) mass is 432 g/mol. The zero-order valence-corrected chi connectivity index (χ0v) is 17.7. The lowest BCUT2D eigenvalue weighted by atomic mass is 9.85. The van der Waals surface area contributed by atoms with E-state index in [1.165, 1.54) is 16.7 Å². The summed E-state index contributed by atoms with van der Waals surface area (Å²) >= 11 is 0. The number of benzene rings is 2. The summed E-state index contributed by atoms with van der Waals surface area (Å²) in [6.07, 6.45) is 3.82. The molecule has 0 aliphatic carbocycles. The Hall–Kier alpha value is -2.25. The first-order chi connectivity index (χ1) is 14.2. The lowest BCUT2D eigenvalue weighted by Gasteiger charge is -2.38. The van der Waals surface area contributed by atoms with Crippen LogP contribution in [0.5, 0.6) is 0 Å². The fourth-order valence-electron chi connectivity index (χ4n) is 4.12. The van der Waals surface area contributed by atoms with Crippen LogP contribution in [-0.4, -0.2) is 45.4 Å². The second-order valence-electron chi connectivity index (χ2n) is 7.40. The van der Waals surface area contributed by atoms with Crippen molar-refractivity contribution >= 4 is 24.4 Å². The van der Waals surface area contributed by atoms with E-state index >= 15 is 0 Å². The summed E-state index contributed by atoms with van der Waals surface area (Å²) in [7, 11) is 0. The highest BCUT2D eigenvalue weighted by Gasteiger charge is 2.29. The highest BCUT2D eigenvalue weighted by Crippen LogP contribution is 2.37. The molecule has 0 aromatic heterocycles. The van der Waals surface area contributed by atoms with E-state index in [-0.39, 0.29) is 37.4 Å². The van der Waals surface area contributed by atoms with Crippen molar-refractivity contribution in [1.29, 1.82) is 0 Å². The van der Waals surface area contributed by atoms with Crippen molar-refractivity contribution in [3.05, 3.63) is 70.3 Å². The molecule has 7 heteroatoms. The highest BCUT2D eigenvalue weighted by atomic mass is 35.5. The van der Waals surface area contributed by atoms with Crippen molar-refractivity contribution in [2.24, 2.45) is 5.16 Å². The smallest absolute Gasteiger partial charge is 0.177 e. The van der Waals surface area contributed by atoms with Crippen molar-refractivity contribution in [2.45, 2.75) is 44.9 Å². The third-order valence-electron chi connectivity index (χ3n) is 5.57. The van der Waals surface area contributed by atoms with Crippen molar-refractivity contribution in [1.82, 2.24) is 4.90 Å². The van der Waals surface area contributed by atoms with Crippen LogP contribution in [0.4, 0.5) is 0 Å². The van der Waals surface area contributed by atoms with E-state index in [9.17, 15) is 15.0 Å². The molecular formula is C23H29ClN2O4. The van der Waals surface area contributed by atoms with Crippen LogP contribution in [0.2, 0.25) is 0 Å². The Labute approximate surface area is 183 Å². The molecule has 1 atom stereocenters. The molecule has 2 aromatic carbocycles. The number of oxime groups is 1. The zero-order chi connectivity index (χ0) is 20.6. The third-order valence-corrected chi connectivity index (χ3v) is 5.57. The maximum atomic E-state index is 11.5. The van der Waals surface area contributed by atoms with Crippen LogP contribution in [0, 0.1) is 0 Å². The number of carbonyl (C=O) groups is 1. The molecule has 3 N–H and O–H groups in total. The molecular weight excluding hydrogens is 404 g/mol. The first-order valence-corrected chi connectivity index (χ1v) is 10.0. The van der Waals surface area contributed by atoms with E-state index in [0.717, 1.165) is 49.7 Å². The minimum absolute atomic E-state index is 0. The average molecular weight is 433 g/mol. The van der Waals surface area contributed by atoms with E-state index in [1.807, 2.05) is 30.3 Å². The molecule has 1 aliphatic rings. The summed E-state index contributed by atoms with van der Waals surface area (Å²) in [6.45, 7) is 1.56. The summed E-state index contributed by atoms with van der Waals surface area (Å²) in [6, 6.07) is 14.4. The van der Waals surface area contributed by atoms with E-state index in [2.05, 4.69) is 22.2 Å². The number of aliphatic hydroxyl groups excluding tert-OH is 2. The van der Waals surface area contributed by atoms with Gasteiger partial charge >= 0.3 is 0 Å². The van der Waals surface area contributed by atoms with Gasteiger partial charge in [0.05, 0.1) is 19.3 Å². The largest absolute Gasteiger partial charge is 0.411 e. The van der Waals surface area contributed by atoms with Gasteiger partial charge in [0.1, 0.15) is 6.21 Å². The fourth-order valence-corrected chi connectivity index (χ4v) is 4.12. The predicted molar refractivity (Wildman–Crippen MR) is 118 cm³/mol. The summed E-state index contributed by atoms with van der Waals surface area (Å²) in [5, 5.41) is 30.6. The minimum atomic E-state index is -0.166. The topological polar surface area (TPSA) is 93.4 Å². The number of carbonyl (C=O) groups excluding carboxylic acids is 1. The number of Topliss-reactive ketones (excluding diaryl/α,β-unsaturated/α-hetero) is 1. The predicted octanol–water partition coefficient (Wildman–Crippen LogP) is 3.24. The molecule has 0 spiro atoms. The van der Waals surface area contributed by atoms with Gasteiger partial charge in [-0.1, -0.05) is 47.6 Å². The summed E-state index contributed by atoms with van der Waals surface area (Å²) in [5.74, 6) is -0.166. The van der Waals surface area contributed by atoms with E-state index < -0.39 is 0 Å². The van der Waals surface area contributed by atoms with Crippen LogP contribution >= 0.6 is 12.4 Å². The van der Waals surface area contributed by atoms with Gasteiger partial charge in [-0.15, -0.1) is 12.4 Å². The second kappa shape index (κ2) is 11.8. The van der Waals surface area contributed by atoms with Gasteiger partial charge in [0.2, 0.25) is 0 Å². The Balaban J connectivity index is 0.00000320. The number of fused-ring (bicyclic) bond motifs is 1. The highest BCUT2D eigenvalue weighted by molar-refractivity contribution is 6.27. The molecule has 30 heavy (non-hydrogen) atoms. The lowest BCUT2D eigenvalue weighted by molar-refractivity contribution is -0.112. The molecule has 1 aliphatic heterocycles. The van der Waals surface area contributed by atoms with Crippen LogP contribution in [-0.2, 0) is 24.4 Å². The summed E-state index contributed by atoms with van der Waals surface area (Å²) in [4.78, 5) is 13.9. The third kappa shape index (κ3) is 5.67. The summed E-state index contributed by atoms with van der Waals surface area (Å²) < 4.78 is 0. The fraction of sp³-hybridized carbons (Fsp3) is 0.391. The number of hydrogen-bond donors (Lipinski definition) is 3. The normalized spacial score (nSPS) is 16.3. The van der Waals surface area contributed by atoms with Gasteiger partial charge in [-0.3, -0.25) is 9.69 Å². The van der Waals surface area contributed by atoms with Crippen LogP contribution in [0.3, 0.4) is 0 Å². The molecule has 2 aromatic rings. The molecule has 0 fully saturated rings. The van der Waals surface area contributed by atoms with E-state index in [0.29, 0.717) is 6.42 Å². The maximum absolute atomic E-state index is 11.5. The molecule has 3 rings (SSSR count). The zero-order valence-electron chi connectivity index (χ0n) is 16.9. The number of halogens is 1. The Morgan fingerprint density at radius 1 is 1.10 bits per heavy atom. The number of aliphatic hydroxyl groups is 2. The van der Waals surface area contributed by atoms with Gasteiger partial charge < -0.3 is 15.4 Å². The number of unbranched alkanes of at least 4 members (excludes halogenated alkanes) is 1. The SMILES string of the molecule is Cl.O=C(/C=N/O)CCCCN1CCc2cc(CO)c(CO)cc2C1c1ccccc1. The maximum Gasteiger partial charge on any atom is 0.177 e. The van der Waals surface area contributed by atoms with Gasteiger partial charge in [0.25, 0.3) is 0 Å². The Morgan fingerprint density at radius 3 is 2.47 bits per heavy atom. The number of nitrogens with zero attached hydrogens (tertiary/aromatic N) is 2. The van der Waals surface area contributed by atoms with Gasteiger partial charge in [0, 0.05) is 13.0 Å². The van der Waals surface area contributed by atoms with Crippen molar-refractivity contribution in [3.63, 3.8) is 0 Å². The summed E-state index contributed by atoms with van der Waals surface area (Å²) in [5.41, 5.74) is 5.13. The standard InChI is InChI=1S/C23H28N2O4.ClH/c26-15-19-12-18-9-11-25(10-5-4-8-21(28)14-24-29)23(17-6-2-1-3-7-17)22(18)13-20(19)16-27;/h1-3,6-7,12-14,23,26-27,29H,4-5,8-11,15-16H2;1H/b24-14+;. The quantitative estimate of drug-likeness (QED) is 0.245. The lowest BCUT2D eigenvalue weighted by Crippen LogP contribution is -2.37. The molecule has 0 radical (unpaired) electrons. The van der Waals surface area contributed by atoms with Crippen molar-refractivity contribution in [3.8, 4) is 0 Å². The Kier molecular flexibility index (Phi) is 9.46. The minimum Gasteiger partial charge on any atom is -0.411 e. The second-order valence-corrected chi connectivity index (χ2v) is 7.40. The number of rotatable bonds is 9. The van der Waals surface area contributed by atoms with Crippen molar-refractivity contribution in [2.75, 3.05) is 13.1 Å². The number of hydrogen-bond acceptors (Lipinski definition) is 6. The molecule has 0 bridgehead atoms. The van der Waals surface area contributed by atoms with E-state index in [1.54, 1.807) is 0 Å². The van der Waals surface area contributed by atoms with Gasteiger partial charge in [0.15, 0.2) is 5.78 Å². The van der Waals surface area contributed by atoms with Crippen LogP contribution in [0.1, 0.15) is 53.1 Å². The van der Waals surface area contributed by atoms with Gasteiger partial charge in [-0.05, 0) is 53.6 Å². The molecule has 0 saturated carbocycles. The van der Waals surface area contributed by atoms with Crippen LogP contribution in [0.15, 0.2) is 47.6 Å². The molecule has 1 heterocycles. The average Bonchev–Trinajstić information content (AvgIpc) is 2.76. The van der Waals surface area contributed by atoms with E-state index in [4.69, 9.17) is 5.21 Å².